The molecule has 2 N–H and O–H groups in total. The van der Waals surface area contributed by atoms with Crippen molar-refractivity contribution < 1.29 is 0 Å². The number of rotatable bonds is 4. The molecule has 0 bridgehead atoms. The molecule has 0 aromatic carbocycles. The van der Waals surface area contributed by atoms with Crippen molar-refractivity contribution in [2.75, 3.05) is 11.5 Å². The first-order valence-corrected chi connectivity index (χ1v) is 6.06. The van der Waals surface area contributed by atoms with E-state index >= 15 is 0 Å². The average molecular weight is 231 g/mol. The molecule has 0 amide bonds. The third-order valence-electron chi connectivity index (χ3n) is 2.14. The number of pyridine rings is 2. The molecular formula is C12H13N3S. The molecule has 4 heteroatoms. The number of aromatic nitrogens is 2. The fourth-order valence-corrected chi connectivity index (χ4v) is 2.17. The Bertz CT molecular complexity index is 428. The zero-order valence-electron chi connectivity index (χ0n) is 8.84. The first-order chi connectivity index (χ1) is 7.84. The lowest BCUT2D eigenvalue weighted by atomic mass is 10.2. The van der Waals surface area contributed by atoms with Crippen LogP contribution in [0, 0.1) is 0 Å². The lowest BCUT2D eigenvalue weighted by Gasteiger charge is -2.01. The predicted octanol–water partition coefficient (Wildman–Crippen LogP) is 2.39. The molecule has 0 saturated heterocycles. The Hall–Kier alpha value is -1.55. The van der Waals surface area contributed by atoms with E-state index in [9.17, 15) is 0 Å². The number of hydrogen-bond acceptors (Lipinski definition) is 4. The summed E-state index contributed by atoms with van der Waals surface area (Å²) >= 11 is 1.78. The van der Waals surface area contributed by atoms with Gasteiger partial charge in [-0.05, 0) is 30.2 Å². The summed E-state index contributed by atoms with van der Waals surface area (Å²) in [6.45, 7) is 0. The quantitative estimate of drug-likeness (QED) is 0.821. The summed E-state index contributed by atoms with van der Waals surface area (Å²) in [6.07, 6.45) is 6.52. The van der Waals surface area contributed by atoms with Crippen molar-refractivity contribution in [2.45, 2.75) is 11.3 Å². The standard InChI is InChI=1S/C12H13N3S/c13-12-4-3-11(9-15-12)16-7-5-10-2-1-6-14-8-10/h1-4,6,8-9H,5,7H2,(H2,13,15). The third-order valence-corrected chi connectivity index (χ3v) is 3.12. The molecule has 3 nitrogen and oxygen atoms in total. The molecule has 2 aromatic rings. The second-order valence-corrected chi connectivity index (χ2v) is 4.55. The first-order valence-electron chi connectivity index (χ1n) is 5.08. The van der Waals surface area contributed by atoms with Gasteiger partial charge in [-0.2, -0.15) is 0 Å². The SMILES string of the molecule is Nc1ccc(SCCc2cccnc2)cn1. The van der Waals surface area contributed by atoms with Gasteiger partial charge in [-0.25, -0.2) is 4.98 Å². The van der Waals surface area contributed by atoms with Gasteiger partial charge in [-0.15, -0.1) is 11.8 Å². The molecule has 2 rings (SSSR count). The maximum atomic E-state index is 5.52. The van der Waals surface area contributed by atoms with Gasteiger partial charge in [0.15, 0.2) is 0 Å². The van der Waals surface area contributed by atoms with Crippen LogP contribution in [-0.2, 0) is 6.42 Å². The Labute approximate surface area is 99.1 Å². The highest BCUT2D eigenvalue weighted by Crippen LogP contribution is 2.18. The molecule has 0 saturated carbocycles. The van der Waals surface area contributed by atoms with Crippen LogP contribution in [0.25, 0.3) is 0 Å². The van der Waals surface area contributed by atoms with E-state index in [2.05, 4.69) is 16.0 Å². The van der Waals surface area contributed by atoms with E-state index in [0.29, 0.717) is 5.82 Å². The van der Waals surface area contributed by atoms with Crippen LogP contribution in [0.5, 0.6) is 0 Å². The molecule has 2 aromatic heterocycles. The molecule has 0 spiro atoms. The zero-order valence-corrected chi connectivity index (χ0v) is 9.65. The topological polar surface area (TPSA) is 51.8 Å². The Balaban J connectivity index is 1.82. The lowest BCUT2D eigenvalue weighted by molar-refractivity contribution is 1.11. The summed E-state index contributed by atoms with van der Waals surface area (Å²) in [7, 11) is 0. The minimum Gasteiger partial charge on any atom is -0.384 e. The van der Waals surface area contributed by atoms with E-state index in [-0.39, 0.29) is 0 Å². The summed E-state index contributed by atoms with van der Waals surface area (Å²) in [5.74, 6) is 1.59. The molecule has 0 aliphatic rings. The second kappa shape index (κ2) is 5.51. The minimum atomic E-state index is 0.566. The first kappa shape index (κ1) is 11.0. The molecule has 0 aliphatic carbocycles. The minimum absolute atomic E-state index is 0.566. The van der Waals surface area contributed by atoms with Crippen LogP contribution >= 0.6 is 11.8 Å². The van der Waals surface area contributed by atoms with Crippen molar-refractivity contribution >= 4 is 17.6 Å². The Kier molecular flexibility index (Phi) is 3.77. The molecule has 0 radical (unpaired) electrons. The van der Waals surface area contributed by atoms with Crippen molar-refractivity contribution in [3.05, 3.63) is 48.4 Å². The fraction of sp³-hybridized carbons (Fsp3) is 0.167. The van der Waals surface area contributed by atoms with Crippen LogP contribution in [0.3, 0.4) is 0 Å². The summed E-state index contributed by atoms with van der Waals surface area (Å²) in [6, 6.07) is 7.88. The Morgan fingerprint density at radius 2 is 2.12 bits per heavy atom. The van der Waals surface area contributed by atoms with Crippen molar-refractivity contribution in [1.29, 1.82) is 0 Å². The number of nitrogens with zero attached hydrogens (tertiary/aromatic N) is 2. The smallest absolute Gasteiger partial charge is 0.123 e. The van der Waals surface area contributed by atoms with E-state index in [1.54, 1.807) is 18.0 Å². The highest BCUT2D eigenvalue weighted by atomic mass is 32.2. The Morgan fingerprint density at radius 3 is 2.81 bits per heavy atom. The van der Waals surface area contributed by atoms with Crippen molar-refractivity contribution in [3.8, 4) is 0 Å². The van der Waals surface area contributed by atoms with Gasteiger partial charge < -0.3 is 5.73 Å². The molecule has 16 heavy (non-hydrogen) atoms. The molecular weight excluding hydrogens is 218 g/mol. The maximum absolute atomic E-state index is 5.52. The molecule has 0 atom stereocenters. The summed E-state index contributed by atoms with van der Waals surface area (Å²) in [5, 5.41) is 0. The van der Waals surface area contributed by atoms with Crippen molar-refractivity contribution in [1.82, 2.24) is 9.97 Å². The number of anilines is 1. The summed E-state index contributed by atoms with van der Waals surface area (Å²) in [5.41, 5.74) is 6.78. The maximum Gasteiger partial charge on any atom is 0.123 e. The van der Waals surface area contributed by atoms with Crippen LogP contribution in [0.4, 0.5) is 5.82 Å². The largest absolute Gasteiger partial charge is 0.384 e. The third kappa shape index (κ3) is 3.24. The molecule has 0 unspecified atom stereocenters. The van der Waals surface area contributed by atoms with Gasteiger partial charge in [0.2, 0.25) is 0 Å². The van der Waals surface area contributed by atoms with Crippen LogP contribution in [0.1, 0.15) is 5.56 Å². The van der Waals surface area contributed by atoms with Gasteiger partial charge in [-0.3, -0.25) is 4.98 Å². The zero-order chi connectivity index (χ0) is 11.2. The fourth-order valence-electron chi connectivity index (χ4n) is 1.31. The number of thioether (sulfide) groups is 1. The number of aryl methyl sites for hydroxylation is 1. The molecule has 0 fully saturated rings. The van der Waals surface area contributed by atoms with Gasteiger partial charge in [-0.1, -0.05) is 6.07 Å². The van der Waals surface area contributed by atoms with Gasteiger partial charge in [0, 0.05) is 29.2 Å². The van der Waals surface area contributed by atoms with Gasteiger partial charge in [0.05, 0.1) is 0 Å². The normalized spacial score (nSPS) is 10.2. The van der Waals surface area contributed by atoms with Crippen LogP contribution in [-0.4, -0.2) is 15.7 Å². The van der Waals surface area contributed by atoms with Gasteiger partial charge in [0.1, 0.15) is 5.82 Å². The van der Waals surface area contributed by atoms with E-state index in [1.807, 2.05) is 30.6 Å². The van der Waals surface area contributed by atoms with E-state index < -0.39 is 0 Å². The highest BCUT2D eigenvalue weighted by molar-refractivity contribution is 7.99. The summed E-state index contributed by atoms with van der Waals surface area (Å²) in [4.78, 5) is 9.28. The average Bonchev–Trinajstić information content (AvgIpc) is 2.33. The second-order valence-electron chi connectivity index (χ2n) is 3.38. The Morgan fingerprint density at radius 1 is 1.19 bits per heavy atom. The number of nitrogens with two attached hydrogens (primary N) is 1. The van der Waals surface area contributed by atoms with Crippen LogP contribution < -0.4 is 5.73 Å². The van der Waals surface area contributed by atoms with Crippen LogP contribution in [0.15, 0.2) is 47.8 Å². The molecule has 82 valence electrons. The van der Waals surface area contributed by atoms with E-state index in [0.717, 1.165) is 17.1 Å². The van der Waals surface area contributed by atoms with Gasteiger partial charge in [0.25, 0.3) is 0 Å². The number of hydrogen-bond donors (Lipinski definition) is 1. The monoisotopic (exact) mass is 231 g/mol. The highest BCUT2D eigenvalue weighted by Gasteiger charge is 1.96. The molecule has 2 heterocycles. The molecule has 0 aliphatic heterocycles. The van der Waals surface area contributed by atoms with Gasteiger partial charge >= 0.3 is 0 Å². The van der Waals surface area contributed by atoms with Crippen molar-refractivity contribution in [2.24, 2.45) is 0 Å². The number of nitrogen functional groups attached to an aromatic ring is 1. The predicted molar refractivity (Wildman–Crippen MR) is 67.3 cm³/mol. The van der Waals surface area contributed by atoms with E-state index in [1.165, 1.54) is 5.56 Å². The van der Waals surface area contributed by atoms with Crippen molar-refractivity contribution in [3.63, 3.8) is 0 Å². The van der Waals surface area contributed by atoms with E-state index in [4.69, 9.17) is 5.73 Å². The summed E-state index contributed by atoms with van der Waals surface area (Å²) < 4.78 is 0. The van der Waals surface area contributed by atoms with Crippen LogP contribution in [0.2, 0.25) is 0 Å². The lowest BCUT2D eigenvalue weighted by Crippen LogP contribution is -1.91.